The Hall–Kier alpha value is -2.69. The summed E-state index contributed by atoms with van der Waals surface area (Å²) in [6.45, 7) is 3.53. The molecule has 28 heavy (non-hydrogen) atoms. The van der Waals surface area contributed by atoms with E-state index in [2.05, 4.69) is 37.1 Å². The van der Waals surface area contributed by atoms with Gasteiger partial charge in [0.25, 0.3) is 0 Å². The van der Waals surface area contributed by atoms with Crippen molar-refractivity contribution in [3.05, 3.63) is 65.0 Å². The number of anilines is 1. The summed E-state index contributed by atoms with van der Waals surface area (Å²) in [5.74, 6) is -0.138. The lowest BCUT2D eigenvalue weighted by molar-refractivity contribution is -0.132. The van der Waals surface area contributed by atoms with Crippen LogP contribution in [-0.2, 0) is 4.79 Å². The van der Waals surface area contributed by atoms with Gasteiger partial charge >= 0.3 is 0 Å². The summed E-state index contributed by atoms with van der Waals surface area (Å²) in [5.41, 5.74) is 4.28. The molecule has 2 aromatic rings. The number of halogens is 1. The lowest BCUT2D eigenvalue weighted by atomic mass is 9.88. The zero-order chi connectivity index (χ0) is 19.8. The Kier molecular flexibility index (Phi) is 4.92. The van der Waals surface area contributed by atoms with Crippen molar-refractivity contribution in [3.63, 3.8) is 0 Å². The number of ketones is 1. The van der Waals surface area contributed by atoms with Gasteiger partial charge in [-0.2, -0.15) is 0 Å². The molecule has 4 rings (SSSR count). The van der Waals surface area contributed by atoms with Crippen LogP contribution in [0.1, 0.15) is 46.7 Å². The van der Waals surface area contributed by atoms with Crippen LogP contribution >= 0.6 is 0 Å². The van der Waals surface area contributed by atoms with Gasteiger partial charge in [-0.05, 0) is 49.2 Å². The summed E-state index contributed by atoms with van der Waals surface area (Å²) in [6.07, 6.45) is 1.29. The maximum atomic E-state index is 13.0. The average Bonchev–Trinajstić information content (AvgIpc) is 2.97. The monoisotopic (exact) mass is 380 g/mol. The van der Waals surface area contributed by atoms with E-state index in [0.29, 0.717) is 24.1 Å². The Balaban J connectivity index is 1.40. The third-order valence-corrected chi connectivity index (χ3v) is 6.12. The number of likely N-dealkylation sites (N-methyl/N-ethyl adjacent to an activating group) is 1. The van der Waals surface area contributed by atoms with Crippen LogP contribution in [0, 0.1) is 12.7 Å². The molecule has 2 heterocycles. The first-order chi connectivity index (χ1) is 13.4. The molecule has 2 aromatic carbocycles. The van der Waals surface area contributed by atoms with Gasteiger partial charge in [-0.25, -0.2) is 4.39 Å². The first kappa shape index (κ1) is 18.7. The molecule has 0 aromatic heterocycles. The fourth-order valence-electron chi connectivity index (χ4n) is 4.56. The minimum absolute atomic E-state index is 0.0256. The van der Waals surface area contributed by atoms with E-state index in [1.807, 2.05) is 4.90 Å². The molecule has 146 valence electrons. The Bertz CT molecular complexity index is 909. The number of likely N-dealkylation sites (tertiary alicyclic amines) is 1. The van der Waals surface area contributed by atoms with E-state index in [1.54, 1.807) is 0 Å². The number of Topliss-reactive ketones (excluding diaryl/α,β-unsaturated/α-hetero) is 1. The SMILES string of the molecule is Cc1ccc2c(c1)C1CN(C(=O)CCC(=O)c3ccc(F)cc3)CCC1N2C. The second-order valence-corrected chi connectivity index (χ2v) is 7.91. The summed E-state index contributed by atoms with van der Waals surface area (Å²) in [7, 11) is 2.14. The molecular formula is C23H25FN2O2. The second kappa shape index (κ2) is 7.38. The number of fused-ring (bicyclic) bond motifs is 3. The van der Waals surface area contributed by atoms with Gasteiger partial charge in [0.1, 0.15) is 5.82 Å². The van der Waals surface area contributed by atoms with E-state index >= 15 is 0 Å². The van der Waals surface area contributed by atoms with E-state index in [-0.39, 0.29) is 30.3 Å². The normalized spacial score (nSPS) is 20.7. The van der Waals surface area contributed by atoms with E-state index < -0.39 is 0 Å². The molecule has 2 aliphatic rings. The molecule has 1 amide bonds. The van der Waals surface area contributed by atoms with Crippen molar-refractivity contribution in [2.75, 3.05) is 25.0 Å². The lowest BCUT2D eigenvalue weighted by Gasteiger charge is -2.37. The number of nitrogens with zero attached hydrogens (tertiary/aromatic N) is 2. The van der Waals surface area contributed by atoms with Gasteiger partial charge in [0, 0.05) is 56.2 Å². The van der Waals surface area contributed by atoms with Gasteiger partial charge in [-0.15, -0.1) is 0 Å². The van der Waals surface area contributed by atoms with Crippen LogP contribution in [-0.4, -0.2) is 42.8 Å². The number of benzene rings is 2. The minimum Gasteiger partial charge on any atom is -0.371 e. The number of hydrogen-bond acceptors (Lipinski definition) is 3. The van der Waals surface area contributed by atoms with Crippen LogP contribution in [0.15, 0.2) is 42.5 Å². The van der Waals surface area contributed by atoms with Crippen LogP contribution in [0.3, 0.4) is 0 Å². The number of rotatable bonds is 4. The van der Waals surface area contributed by atoms with Crippen molar-refractivity contribution >= 4 is 17.4 Å². The van der Waals surface area contributed by atoms with E-state index in [4.69, 9.17) is 0 Å². The quantitative estimate of drug-likeness (QED) is 0.755. The fourth-order valence-corrected chi connectivity index (χ4v) is 4.56. The summed E-state index contributed by atoms with van der Waals surface area (Å²) >= 11 is 0. The zero-order valence-corrected chi connectivity index (χ0v) is 16.3. The van der Waals surface area contributed by atoms with Crippen molar-refractivity contribution in [1.82, 2.24) is 4.90 Å². The lowest BCUT2D eigenvalue weighted by Crippen LogP contribution is -2.47. The molecule has 4 nitrogen and oxygen atoms in total. The van der Waals surface area contributed by atoms with Crippen LogP contribution in [0.25, 0.3) is 0 Å². The molecule has 0 spiro atoms. The fraction of sp³-hybridized carbons (Fsp3) is 0.391. The molecule has 0 radical (unpaired) electrons. The predicted molar refractivity (Wildman–Crippen MR) is 107 cm³/mol. The van der Waals surface area contributed by atoms with Gasteiger partial charge in [-0.1, -0.05) is 17.7 Å². The van der Waals surface area contributed by atoms with Gasteiger partial charge in [0.2, 0.25) is 5.91 Å². The first-order valence-electron chi connectivity index (χ1n) is 9.84. The van der Waals surface area contributed by atoms with Crippen LogP contribution < -0.4 is 4.90 Å². The molecule has 5 heteroatoms. The average molecular weight is 380 g/mol. The van der Waals surface area contributed by atoms with Gasteiger partial charge in [0.05, 0.1) is 0 Å². The molecule has 0 aliphatic carbocycles. The number of aryl methyl sites for hydroxylation is 1. The largest absolute Gasteiger partial charge is 0.371 e. The Morgan fingerprint density at radius 2 is 1.86 bits per heavy atom. The molecule has 0 bridgehead atoms. The van der Waals surface area contributed by atoms with Crippen molar-refractivity contribution in [2.45, 2.75) is 38.1 Å². The van der Waals surface area contributed by atoms with Crippen LogP contribution in [0.5, 0.6) is 0 Å². The highest BCUT2D eigenvalue weighted by molar-refractivity contribution is 5.97. The molecule has 0 N–H and O–H groups in total. The second-order valence-electron chi connectivity index (χ2n) is 7.91. The Morgan fingerprint density at radius 1 is 1.11 bits per heavy atom. The Labute approximate surface area is 164 Å². The molecule has 2 aliphatic heterocycles. The van der Waals surface area contributed by atoms with Crippen LogP contribution in [0.2, 0.25) is 0 Å². The highest BCUT2D eigenvalue weighted by atomic mass is 19.1. The highest BCUT2D eigenvalue weighted by Crippen LogP contribution is 2.44. The summed E-state index contributed by atoms with van der Waals surface area (Å²) in [4.78, 5) is 29.3. The maximum absolute atomic E-state index is 13.0. The highest BCUT2D eigenvalue weighted by Gasteiger charge is 2.41. The minimum atomic E-state index is -0.368. The van der Waals surface area contributed by atoms with Gasteiger partial charge < -0.3 is 9.80 Å². The summed E-state index contributed by atoms with van der Waals surface area (Å²) in [6, 6.07) is 12.5. The molecule has 1 saturated heterocycles. The zero-order valence-electron chi connectivity index (χ0n) is 16.3. The number of carbonyl (C=O) groups is 2. The van der Waals surface area contributed by atoms with Crippen molar-refractivity contribution < 1.29 is 14.0 Å². The van der Waals surface area contributed by atoms with Gasteiger partial charge in [-0.3, -0.25) is 9.59 Å². The third-order valence-electron chi connectivity index (χ3n) is 6.12. The predicted octanol–water partition coefficient (Wildman–Crippen LogP) is 3.93. The standard InChI is InChI=1S/C23H25FN2O2/c1-15-3-8-20-18(13-15)19-14-26(12-11-21(19)25(20)2)23(28)10-9-22(27)16-4-6-17(24)7-5-16/h3-8,13,19,21H,9-12,14H2,1-2H3. The third kappa shape index (κ3) is 3.41. The number of piperidine rings is 1. The topological polar surface area (TPSA) is 40.6 Å². The number of hydrogen-bond donors (Lipinski definition) is 0. The molecule has 0 saturated carbocycles. The van der Waals surface area contributed by atoms with Crippen LogP contribution in [0.4, 0.5) is 10.1 Å². The van der Waals surface area contributed by atoms with E-state index in [1.165, 1.54) is 41.1 Å². The molecule has 2 unspecified atom stereocenters. The molecule has 2 atom stereocenters. The smallest absolute Gasteiger partial charge is 0.223 e. The first-order valence-corrected chi connectivity index (χ1v) is 9.84. The molecular weight excluding hydrogens is 355 g/mol. The van der Waals surface area contributed by atoms with Crippen molar-refractivity contribution in [3.8, 4) is 0 Å². The Morgan fingerprint density at radius 3 is 2.61 bits per heavy atom. The number of amides is 1. The van der Waals surface area contributed by atoms with Gasteiger partial charge in [0.15, 0.2) is 5.78 Å². The summed E-state index contributed by atoms with van der Waals surface area (Å²) in [5, 5.41) is 0. The number of carbonyl (C=O) groups excluding carboxylic acids is 2. The van der Waals surface area contributed by atoms with Crippen molar-refractivity contribution in [2.24, 2.45) is 0 Å². The van der Waals surface area contributed by atoms with E-state index in [0.717, 1.165) is 13.0 Å². The summed E-state index contributed by atoms with van der Waals surface area (Å²) < 4.78 is 13.0. The van der Waals surface area contributed by atoms with Crippen molar-refractivity contribution in [1.29, 1.82) is 0 Å². The molecule has 1 fully saturated rings. The van der Waals surface area contributed by atoms with E-state index in [9.17, 15) is 14.0 Å². The maximum Gasteiger partial charge on any atom is 0.223 e.